The van der Waals surface area contributed by atoms with Gasteiger partial charge in [-0.3, -0.25) is 0 Å². The minimum absolute atomic E-state index is 0.287. The highest BCUT2D eigenvalue weighted by atomic mass is 16.5. The molecule has 0 atom stereocenters. The van der Waals surface area contributed by atoms with Crippen LogP contribution < -0.4 is 10.1 Å². The van der Waals surface area contributed by atoms with Crippen LogP contribution in [-0.4, -0.2) is 48.2 Å². The molecule has 1 heterocycles. The number of anilines is 1. The zero-order valence-corrected chi connectivity index (χ0v) is 15.5. The Morgan fingerprint density at radius 2 is 1.83 bits per heavy atom. The minimum atomic E-state index is 0.287. The molecule has 0 spiro atoms. The second-order valence-electron chi connectivity index (χ2n) is 6.15. The Morgan fingerprint density at radius 1 is 1.12 bits per heavy atom. The predicted octanol–water partition coefficient (Wildman–Crippen LogP) is 3.95. The topological polar surface area (TPSA) is 50.3 Å². The molecule has 1 aliphatic rings. The van der Waals surface area contributed by atoms with Gasteiger partial charge >= 0.3 is 0 Å². The van der Waals surface area contributed by atoms with Crippen molar-refractivity contribution >= 4 is 16.9 Å². The lowest BCUT2D eigenvalue weighted by Crippen LogP contribution is -2.35. The van der Waals surface area contributed by atoms with Gasteiger partial charge in [0, 0.05) is 24.7 Å². The smallest absolute Gasteiger partial charge is 0.223 e. The fraction of sp³-hybridized carbons (Fsp3) is 0.579. The number of hydrogen-bond donors (Lipinski definition) is 1. The van der Waals surface area contributed by atoms with Crippen LogP contribution in [0.4, 0.5) is 5.95 Å². The number of nitrogens with one attached hydrogen (secondary N) is 1. The maximum absolute atomic E-state index is 6.26. The molecule has 0 bridgehead atoms. The van der Waals surface area contributed by atoms with Gasteiger partial charge in [-0.2, -0.15) is 0 Å². The summed E-state index contributed by atoms with van der Waals surface area (Å²) in [7, 11) is 6.15. The van der Waals surface area contributed by atoms with Crippen LogP contribution in [0.1, 0.15) is 39.5 Å². The fourth-order valence-corrected chi connectivity index (χ4v) is 3.10. The Labute approximate surface area is 145 Å². The zero-order chi connectivity index (χ0) is 17.5. The molecular formula is C19H30N4O. The number of hydrogen-bond acceptors (Lipinski definition) is 5. The van der Waals surface area contributed by atoms with Crippen LogP contribution in [0.5, 0.6) is 5.75 Å². The third kappa shape index (κ3) is 4.35. The van der Waals surface area contributed by atoms with Crippen LogP contribution in [0.25, 0.3) is 10.9 Å². The first-order valence-corrected chi connectivity index (χ1v) is 8.94. The van der Waals surface area contributed by atoms with Crippen molar-refractivity contribution in [3.63, 3.8) is 0 Å². The van der Waals surface area contributed by atoms with E-state index < -0.39 is 0 Å². The van der Waals surface area contributed by atoms with Crippen LogP contribution in [0.2, 0.25) is 0 Å². The molecule has 1 aromatic heterocycles. The van der Waals surface area contributed by atoms with Crippen LogP contribution in [0, 0.1) is 0 Å². The molecule has 0 unspecified atom stereocenters. The number of fused-ring (bicyclic) bond motifs is 1. The summed E-state index contributed by atoms with van der Waals surface area (Å²) in [6.45, 7) is 4.00. The van der Waals surface area contributed by atoms with E-state index >= 15 is 0 Å². The van der Waals surface area contributed by atoms with Gasteiger partial charge in [-0.15, -0.1) is 0 Å². The first-order valence-electron chi connectivity index (χ1n) is 8.94. The van der Waals surface area contributed by atoms with E-state index in [9.17, 15) is 0 Å². The van der Waals surface area contributed by atoms with E-state index in [-0.39, 0.29) is 6.10 Å². The molecule has 5 nitrogen and oxygen atoms in total. The quantitative estimate of drug-likeness (QED) is 0.920. The predicted molar refractivity (Wildman–Crippen MR) is 101 cm³/mol. The SMILES string of the molecule is CC.CNc1ncc2cccc(OC3CCC(N(C)C)CC3)c2n1. The van der Waals surface area contributed by atoms with E-state index in [0.717, 1.165) is 29.5 Å². The van der Waals surface area contributed by atoms with Gasteiger partial charge in [0.2, 0.25) is 5.95 Å². The Bertz CT molecular complexity index is 636. The van der Waals surface area contributed by atoms with E-state index in [4.69, 9.17) is 4.74 Å². The van der Waals surface area contributed by atoms with Gasteiger partial charge in [0.1, 0.15) is 11.3 Å². The van der Waals surface area contributed by atoms with Crippen LogP contribution in [0.15, 0.2) is 24.4 Å². The molecule has 24 heavy (non-hydrogen) atoms. The van der Waals surface area contributed by atoms with E-state index in [1.54, 1.807) is 0 Å². The highest BCUT2D eigenvalue weighted by molar-refractivity contribution is 5.84. The number of nitrogens with zero attached hydrogens (tertiary/aromatic N) is 3. The van der Waals surface area contributed by atoms with Crippen molar-refractivity contribution in [1.29, 1.82) is 0 Å². The molecule has 0 aliphatic heterocycles. The number of rotatable bonds is 4. The first kappa shape index (κ1) is 18.5. The average Bonchev–Trinajstić information content (AvgIpc) is 2.64. The molecule has 1 N–H and O–H groups in total. The van der Waals surface area contributed by atoms with Crippen LogP contribution >= 0.6 is 0 Å². The Morgan fingerprint density at radius 3 is 2.46 bits per heavy atom. The summed E-state index contributed by atoms with van der Waals surface area (Å²) in [6, 6.07) is 6.72. The van der Waals surface area contributed by atoms with Crippen molar-refractivity contribution in [2.75, 3.05) is 26.5 Å². The molecule has 0 radical (unpaired) electrons. The zero-order valence-electron chi connectivity index (χ0n) is 15.5. The summed E-state index contributed by atoms with van der Waals surface area (Å²) in [4.78, 5) is 11.1. The van der Waals surface area contributed by atoms with Gasteiger partial charge < -0.3 is 15.0 Å². The normalized spacial score (nSPS) is 20.4. The third-order valence-corrected chi connectivity index (χ3v) is 4.47. The lowest BCUT2D eigenvalue weighted by atomic mass is 9.92. The molecule has 1 saturated carbocycles. The summed E-state index contributed by atoms with van der Waals surface area (Å²) >= 11 is 0. The van der Waals surface area contributed by atoms with Crippen LogP contribution in [0.3, 0.4) is 0 Å². The van der Waals surface area contributed by atoms with Crippen molar-refractivity contribution < 1.29 is 4.74 Å². The molecule has 0 saturated heterocycles. The lowest BCUT2D eigenvalue weighted by Gasteiger charge is -2.32. The van der Waals surface area contributed by atoms with Crippen LogP contribution in [-0.2, 0) is 0 Å². The van der Waals surface area contributed by atoms with Gasteiger partial charge in [-0.05, 0) is 45.8 Å². The molecule has 5 heteroatoms. The fourth-order valence-electron chi connectivity index (χ4n) is 3.10. The number of benzene rings is 1. The third-order valence-electron chi connectivity index (χ3n) is 4.47. The largest absolute Gasteiger partial charge is 0.488 e. The van der Waals surface area contributed by atoms with E-state index in [0.29, 0.717) is 12.0 Å². The van der Waals surface area contributed by atoms with Crippen molar-refractivity contribution in [2.45, 2.75) is 51.7 Å². The molecule has 2 aromatic rings. The number of ether oxygens (including phenoxy) is 1. The van der Waals surface area contributed by atoms with E-state index in [1.807, 2.05) is 45.3 Å². The van der Waals surface area contributed by atoms with Crippen molar-refractivity contribution in [1.82, 2.24) is 14.9 Å². The summed E-state index contributed by atoms with van der Waals surface area (Å²) < 4.78 is 6.26. The molecule has 1 fully saturated rings. The van der Waals surface area contributed by atoms with Crippen molar-refractivity contribution in [3.05, 3.63) is 24.4 Å². The van der Waals surface area contributed by atoms with Crippen molar-refractivity contribution in [2.24, 2.45) is 0 Å². The second kappa shape index (κ2) is 8.83. The van der Waals surface area contributed by atoms with Gasteiger partial charge in [-0.25, -0.2) is 9.97 Å². The van der Waals surface area contributed by atoms with Gasteiger partial charge in [0.15, 0.2) is 0 Å². The summed E-state index contributed by atoms with van der Waals surface area (Å²) in [5, 5.41) is 4.00. The Kier molecular flexibility index (Phi) is 6.79. The molecule has 132 valence electrons. The molecule has 3 rings (SSSR count). The Hall–Kier alpha value is -1.88. The second-order valence-corrected chi connectivity index (χ2v) is 6.15. The number of aromatic nitrogens is 2. The standard InChI is InChI=1S/C17H24N4O.C2H6/c1-18-17-19-11-12-5-4-6-15(16(12)20-17)22-14-9-7-13(8-10-14)21(2)3;1-2/h4-6,11,13-14H,7-10H2,1-3H3,(H,18,19,20);1-2H3. The highest BCUT2D eigenvalue weighted by Gasteiger charge is 2.24. The molecule has 1 aromatic carbocycles. The van der Waals surface area contributed by atoms with Gasteiger partial charge in [-0.1, -0.05) is 26.0 Å². The summed E-state index contributed by atoms with van der Waals surface area (Å²) in [6.07, 6.45) is 6.71. The summed E-state index contributed by atoms with van der Waals surface area (Å²) in [5.74, 6) is 1.49. The van der Waals surface area contributed by atoms with E-state index in [2.05, 4.69) is 34.3 Å². The highest BCUT2D eigenvalue weighted by Crippen LogP contribution is 2.29. The van der Waals surface area contributed by atoms with Gasteiger partial charge in [0.05, 0.1) is 6.10 Å². The molecule has 0 amide bonds. The maximum atomic E-state index is 6.26. The van der Waals surface area contributed by atoms with E-state index in [1.165, 1.54) is 12.8 Å². The van der Waals surface area contributed by atoms with Gasteiger partial charge in [0.25, 0.3) is 0 Å². The average molecular weight is 330 g/mol. The van der Waals surface area contributed by atoms with Crippen molar-refractivity contribution in [3.8, 4) is 5.75 Å². The summed E-state index contributed by atoms with van der Waals surface area (Å²) in [5.41, 5.74) is 0.886. The molecular weight excluding hydrogens is 300 g/mol. The monoisotopic (exact) mass is 330 g/mol. The number of para-hydroxylation sites is 1. The minimum Gasteiger partial charge on any atom is -0.488 e. The first-order chi connectivity index (χ1) is 11.7. The lowest BCUT2D eigenvalue weighted by molar-refractivity contribution is 0.112. The maximum Gasteiger partial charge on any atom is 0.223 e. The Balaban J connectivity index is 0.00000100. The molecule has 1 aliphatic carbocycles.